The van der Waals surface area contributed by atoms with Crippen LogP contribution in [-0.2, 0) is 16.3 Å². The molecule has 0 fully saturated rings. The fourth-order valence-corrected chi connectivity index (χ4v) is 2.56. The van der Waals surface area contributed by atoms with E-state index in [0.29, 0.717) is 24.0 Å². The van der Waals surface area contributed by atoms with Crippen molar-refractivity contribution in [1.82, 2.24) is 0 Å². The molecular weight excluding hydrogens is 231 g/mol. The molecule has 3 nitrogen and oxygen atoms in total. The van der Waals surface area contributed by atoms with Gasteiger partial charge in [-0.15, -0.1) is 0 Å². The van der Waals surface area contributed by atoms with Gasteiger partial charge in [-0.2, -0.15) is 0 Å². The molecule has 5 heteroatoms. The van der Waals surface area contributed by atoms with Crippen LogP contribution in [0.4, 0.5) is 4.39 Å². The number of hydrogen-bond donors (Lipinski definition) is 1. The van der Waals surface area contributed by atoms with E-state index in [1.807, 2.05) is 0 Å². The molecule has 0 aliphatic rings. The monoisotopic (exact) mass is 246 g/mol. The smallest absolute Gasteiger partial charge is 0.175 e. The Labute approximate surface area is 94.8 Å². The van der Waals surface area contributed by atoms with Crippen LogP contribution in [0.1, 0.15) is 17.5 Å². The summed E-state index contributed by atoms with van der Waals surface area (Å²) >= 11 is 0. The number of rotatable bonds is 4. The maximum absolute atomic E-state index is 13.5. The summed E-state index contributed by atoms with van der Waals surface area (Å²) in [4.78, 5) is 0.154. The molecule has 0 unspecified atom stereocenters. The van der Waals surface area contributed by atoms with E-state index in [0.717, 1.165) is 6.26 Å². The van der Waals surface area contributed by atoms with Crippen LogP contribution in [0.15, 0.2) is 17.0 Å². The lowest BCUT2D eigenvalue weighted by molar-refractivity contribution is 0.288. The van der Waals surface area contributed by atoms with E-state index in [-0.39, 0.29) is 11.5 Å². The fraction of sp³-hybridized carbons (Fsp3) is 0.455. The molecule has 0 saturated carbocycles. The number of hydrogen-bond acceptors (Lipinski definition) is 3. The lowest BCUT2D eigenvalue weighted by Crippen LogP contribution is -2.04. The summed E-state index contributed by atoms with van der Waals surface area (Å²) < 4.78 is 36.3. The van der Waals surface area contributed by atoms with Crippen LogP contribution >= 0.6 is 0 Å². The minimum Gasteiger partial charge on any atom is -0.396 e. The zero-order valence-electron chi connectivity index (χ0n) is 9.33. The van der Waals surface area contributed by atoms with Gasteiger partial charge in [0.15, 0.2) is 9.84 Å². The second-order valence-corrected chi connectivity index (χ2v) is 5.79. The fourth-order valence-electron chi connectivity index (χ4n) is 1.56. The highest BCUT2D eigenvalue weighted by Gasteiger charge is 2.14. The van der Waals surface area contributed by atoms with Gasteiger partial charge in [0.25, 0.3) is 0 Å². The second-order valence-electron chi connectivity index (χ2n) is 3.81. The summed E-state index contributed by atoms with van der Waals surface area (Å²) in [6.45, 7) is 1.52. The first-order valence-electron chi connectivity index (χ1n) is 4.96. The van der Waals surface area contributed by atoms with Crippen LogP contribution in [-0.4, -0.2) is 26.4 Å². The van der Waals surface area contributed by atoms with E-state index in [9.17, 15) is 12.8 Å². The third-order valence-electron chi connectivity index (χ3n) is 2.35. The van der Waals surface area contributed by atoms with Gasteiger partial charge in [-0.05, 0) is 43.0 Å². The molecule has 0 spiro atoms. The van der Waals surface area contributed by atoms with Crippen LogP contribution in [0.25, 0.3) is 0 Å². The Balaban J connectivity index is 3.22. The molecule has 0 saturated heterocycles. The molecule has 0 aromatic heterocycles. The summed E-state index contributed by atoms with van der Waals surface area (Å²) in [5.74, 6) is -0.418. The Bertz CT molecular complexity index is 480. The maximum Gasteiger partial charge on any atom is 0.175 e. The Morgan fingerprint density at radius 2 is 2.00 bits per heavy atom. The van der Waals surface area contributed by atoms with Crippen molar-refractivity contribution in [2.75, 3.05) is 12.9 Å². The molecular formula is C11H15FO3S. The van der Waals surface area contributed by atoms with Crippen molar-refractivity contribution in [3.63, 3.8) is 0 Å². The highest BCUT2D eigenvalue weighted by atomic mass is 32.2. The SMILES string of the molecule is Cc1cc(F)c(CCCO)cc1S(C)(=O)=O. The van der Waals surface area contributed by atoms with Crippen molar-refractivity contribution >= 4 is 9.84 Å². The number of aliphatic hydroxyl groups excluding tert-OH is 1. The van der Waals surface area contributed by atoms with E-state index < -0.39 is 15.7 Å². The topological polar surface area (TPSA) is 54.4 Å². The van der Waals surface area contributed by atoms with E-state index in [2.05, 4.69) is 0 Å². The quantitative estimate of drug-likeness (QED) is 0.818. The van der Waals surface area contributed by atoms with Crippen LogP contribution in [0.2, 0.25) is 0 Å². The third-order valence-corrected chi connectivity index (χ3v) is 3.59. The Kier molecular flexibility index (Phi) is 4.04. The third kappa shape index (κ3) is 3.02. The average Bonchev–Trinajstić information content (AvgIpc) is 2.14. The van der Waals surface area contributed by atoms with Crippen LogP contribution in [0, 0.1) is 12.7 Å². The molecule has 1 aromatic carbocycles. The second kappa shape index (κ2) is 4.93. The first-order valence-corrected chi connectivity index (χ1v) is 6.85. The largest absolute Gasteiger partial charge is 0.396 e. The van der Waals surface area contributed by atoms with Crippen LogP contribution in [0.5, 0.6) is 0 Å². The number of halogens is 1. The summed E-state index contributed by atoms with van der Waals surface area (Å²) in [6, 6.07) is 2.58. The molecule has 1 aromatic rings. The molecule has 0 radical (unpaired) electrons. The molecule has 1 N–H and O–H groups in total. The summed E-state index contributed by atoms with van der Waals surface area (Å²) in [6.07, 6.45) is 1.86. The zero-order chi connectivity index (χ0) is 12.3. The van der Waals surface area contributed by atoms with Gasteiger partial charge in [-0.1, -0.05) is 0 Å². The van der Waals surface area contributed by atoms with Gasteiger partial charge in [0.1, 0.15) is 5.82 Å². The molecule has 16 heavy (non-hydrogen) atoms. The highest BCUT2D eigenvalue weighted by molar-refractivity contribution is 7.90. The highest BCUT2D eigenvalue weighted by Crippen LogP contribution is 2.20. The molecule has 0 bridgehead atoms. The molecule has 0 aliphatic carbocycles. The minimum absolute atomic E-state index is 0.0402. The van der Waals surface area contributed by atoms with Crippen molar-refractivity contribution in [2.45, 2.75) is 24.7 Å². The predicted octanol–water partition coefficient (Wildman–Crippen LogP) is 1.46. The van der Waals surface area contributed by atoms with E-state index in [4.69, 9.17) is 5.11 Å². The van der Waals surface area contributed by atoms with Gasteiger partial charge in [-0.25, -0.2) is 12.8 Å². The normalized spacial score (nSPS) is 11.8. The predicted molar refractivity (Wildman–Crippen MR) is 59.7 cm³/mol. The van der Waals surface area contributed by atoms with Gasteiger partial charge in [0.05, 0.1) is 4.90 Å². The van der Waals surface area contributed by atoms with Gasteiger partial charge in [-0.3, -0.25) is 0 Å². The van der Waals surface area contributed by atoms with Gasteiger partial charge < -0.3 is 5.11 Å². The molecule has 1 rings (SSSR count). The summed E-state index contributed by atoms with van der Waals surface area (Å²) in [5, 5.41) is 8.66. The molecule has 0 heterocycles. The maximum atomic E-state index is 13.5. The lowest BCUT2D eigenvalue weighted by atomic mass is 10.1. The van der Waals surface area contributed by atoms with E-state index in [1.165, 1.54) is 12.1 Å². The lowest BCUT2D eigenvalue weighted by Gasteiger charge is -2.08. The number of sulfone groups is 1. The van der Waals surface area contributed by atoms with Crippen molar-refractivity contribution < 1.29 is 17.9 Å². The van der Waals surface area contributed by atoms with Gasteiger partial charge >= 0.3 is 0 Å². The standard InChI is InChI=1S/C11H15FO3S/c1-8-6-10(12)9(4-3-5-13)7-11(8)16(2,14)15/h6-7,13H,3-5H2,1-2H3. The number of aliphatic hydroxyl groups is 1. The average molecular weight is 246 g/mol. The first-order chi connectivity index (χ1) is 7.36. The molecule has 0 atom stereocenters. The van der Waals surface area contributed by atoms with Crippen LogP contribution < -0.4 is 0 Å². The van der Waals surface area contributed by atoms with Crippen molar-refractivity contribution in [1.29, 1.82) is 0 Å². The van der Waals surface area contributed by atoms with E-state index >= 15 is 0 Å². The summed E-state index contributed by atoms with van der Waals surface area (Å²) in [5.41, 5.74) is 0.743. The van der Waals surface area contributed by atoms with Gasteiger partial charge in [0.2, 0.25) is 0 Å². The first kappa shape index (κ1) is 13.1. The van der Waals surface area contributed by atoms with Crippen molar-refractivity contribution in [3.8, 4) is 0 Å². The summed E-state index contributed by atoms with van der Waals surface area (Å²) in [7, 11) is -3.33. The van der Waals surface area contributed by atoms with Gasteiger partial charge in [0, 0.05) is 12.9 Å². The Morgan fingerprint density at radius 1 is 1.38 bits per heavy atom. The molecule has 90 valence electrons. The molecule has 0 aliphatic heterocycles. The number of benzene rings is 1. The Morgan fingerprint density at radius 3 is 2.50 bits per heavy atom. The minimum atomic E-state index is -3.33. The Hall–Kier alpha value is -0.940. The number of aryl methyl sites for hydroxylation is 2. The van der Waals surface area contributed by atoms with Crippen molar-refractivity contribution in [2.24, 2.45) is 0 Å². The van der Waals surface area contributed by atoms with Crippen molar-refractivity contribution in [3.05, 3.63) is 29.1 Å². The van der Waals surface area contributed by atoms with E-state index in [1.54, 1.807) is 6.92 Å². The zero-order valence-corrected chi connectivity index (χ0v) is 10.1. The van der Waals surface area contributed by atoms with Crippen LogP contribution in [0.3, 0.4) is 0 Å². The molecule has 0 amide bonds.